The van der Waals surface area contributed by atoms with Crippen molar-refractivity contribution >= 4 is 21.6 Å². The zero-order valence-corrected chi connectivity index (χ0v) is 11.7. The lowest BCUT2D eigenvalue weighted by Gasteiger charge is -2.10. The number of anilines is 1. The fourth-order valence-corrected chi connectivity index (χ4v) is 2.23. The number of rotatable bonds is 2. The monoisotopic (exact) mass is 289 g/mol. The Hall–Kier alpha value is -1.28. The van der Waals surface area contributed by atoms with Gasteiger partial charge in [-0.15, -0.1) is 0 Å². The standard InChI is InChI=1S/C15H16BrN/c1-10-7-13(11(2)15(17)8-10)9-12-3-5-14(16)6-4-12/h3-8H,9,17H2,1-2H3. The summed E-state index contributed by atoms with van der Waals surface area (Å²) >= 11 is 3.45. The first-order valence-electron chi connectivity index (χ1n) is 5.66. The lowest BCUT2D eigenvalue weighted by atomic mass is 9.97. The molecule has 0 radical (unpaired) electrons. The summed E-state index contributed by atoms with van der Waals surface area (Å²) in [4.78, 5) is 0. The zero-order valence-electron chi connectivity index (χ0n) is 10.1. The molecular weight excluding hydrogens is 274 g/mol. The van der Waals surface area contributed by atoms with Gasteiger partial charge in [-0.25, -0.2) is 0 Å². The number of benzene rings is 2. The molecule has 0 amide bonds. The van der Waals surface area contributed by atoms with E-state index in [1.807, 2.05) is 6.07 Å². The van der Waals surface area contributed by atoms with Crippen molar-refractivity contribution in [3.8, 4) is 0 Å². The van der Waals surface area contributed by atoms with Crippen LogP contribution in [0.3, 0.4) is 0 Å². The van der Waals surface area contributed by atoms with E-state index in [2.05, 4.69) is 60.1 Å². The smallest absolute Gasteiger partial charge is 0.0349 e. The SMILES string of the molecule is Cc1cc(N)c(C)c(Cc2ccc(Br)cc2)c1. The third kappa shape index (κ3) is 2.89. The van der Waals surface area contributed by atoms with Gasteiger partial charge in [0.25, 0.3) is 0 Å². The predicted molar refractivity (Wildman–Crippen MR) is 77.3 cm³/mol. The summed E-state index contributed by atoms with van der Waals surface area (Å²) < 4.78 is 1.11. The molecule has 0 saturated carbocycles. The van der Waals surface area contributed by atoms with Gasteiger partial charge in [0.1, 0.15) is 0 Å². The van der Waals surface area contributed by atoms with E-state index >= 15 is 0 Å². The van der Waals surface area contributed by atoms with Gasteiger partial charge in [0.2, 0.25) is 0 Å². The summed E-state index contributed by atoms with van der Waals surface area (Å²) in [5.74, 6) is 0. The zero-order chi connectivity index (χ0) is 12.4. The second-order valence-corrected chi connectivity index (χ2v) is 5.36. The third-order valence-electron chi connectivity index (χ3n) is 3.01. The Morgan fingerprint density at radius 2 is 1.71 bits per heavy atom. The van der Waals surface area contributed by atoms with Gasteiger partial charge >= 0.3 is 0 Å². The quantitative estimate of drug-likeness (QED) is 0.823. The maximum absolute atomic E-state index is 5.99. The Morgan fingerprint density at radius 1 is 1.06 bits per heavy atom. The molecular formula is C15H16BrN. The van der Waals surface area contributed by atoms with Crippen LogP contribution in [0, 0.1) is 13.8 Å². The molecule has 0 aliphatic heterocycles. The molecule has 0 atom stereocenters. The Balaban J connectivity index is 2.32. The molecule has 1 nitrogen and oxygen atoms in total. The summed E-state index contributed by atoms with van der Waals surface area (Å²) in [5.41, 5.74) is 11.9. The van der Waals surface area contributed by atoms with E-state index in [9.17, 15) is 0 Å². The second kappa shape index (κ2) is 4.92. The number of halogens is 1. The van der Waals surface area contributed by atoms with Crippen LogP contribution in [0.1, 0.15) is 22.3 Å². The predicted octanol–water partition coefficient (Wildman–Crippen LogP) is 4.24. The number of aryl methyl sites for hydroxylation is 1. The van der Waals surface area contributed by atoms with Crippen LogP contribution in [0.2, 0.25) is 0 Å². The molecule has 17 heavy (non-hydrogen) atoms. The van der Waals surface area contributed by atoms with Crippen LogP contribution in [0.5, 0.6) is 0 Å². The molecule has 0 aliphatic carbocycles. The number of hydrogen-bond donors (Lipinski definition) is 1. The molecule has 88 valence electrons. The van der Waals surface area contributed by atoms with Crippen molar-refractivity contribution in [3.63, 3.8) is 0 Å². The van der Waals surface area contributed by atoms with Crippen LogP contribution in [0.25, 0.3) is 0 Å². The van der Waals surface area contributed by atoms with Crippen molar-refractivity contribution in [2.75, 3.05) is 5.73 Å². The molecule has 2 aromatic carbocycles. The highest BCUT2D eigenvalue weighted by Gasteiger charge is 2.04. The van der Waals surface area contributed by atoms with E-state index in [-0.39, 0.29) is 0 Å². The van der Waals surface area contributed by atoms with E-state index in [0.717, 1.165) is 16.6 Å². The summed E-state index contributed by atoms with van der Waals surface area (Å²) in [5, 5.41) is 0. The van der Waals surface area contributed by atoms with Crippen molar-refractivity contribution in [2.24, 2.45) is 0 Å². The van der Waals surface area contributed by atoms with E-state index in [1.165, 1.54) is 22.3 Å². The van der Waals surface area contributed by atoms with Crippen molar-refractivity contribution in [1.82, 2.24) is 0 Å². The Morgan fingerprint density at radius 3 is 2.35 bits per heavy atom. The lowest BCUT2D eigenvalue weighted by Crippen LogP contribution is -1.98. The van der Waals surface area contributed by atoms with Crippen molar-refractivity contribution in [2.45, 2.75) is 20.3 Å². The Labute approximate surface area is 111 Å². The fraction of sp³-hybridized carbons (Fsp3) is 0.200. The number of hydrogen-bond acceptors (Lipinski definition) is 1. The minimum atomic E-state index is 0.886. The Kier molecular flexibility index (Phi) is 3.53. The molecule has 2 rings (SSSR count). The van der Waals surface area contributed by atoms with Crippen molar-refractivity contribution in [1.29, 1.82) is 0 Å². The molecule has 0 aromatic heterocycles. The molecule has 0 saturated heterocycles. The average molecular weight is 290 g/mol. The van der Waals surface area contributed by atoms with E-state index < -0.39 is 0 Å². The first kappa shape index (κ1) is 12.2. The molecule has 0 bridgehead atoms. The Bertz CT molecular complexity index is 529. The lowest BCUT2D eigenvalue weighted by molar-refractivity contribution is 1.15. The van der Waals surface area contributed by atoms with Gasteiger partial charge in [-0.05, 0) is 60.7 Å². The number of nitrogen functional groups attached to an aromatic ring is 1. The highest BCUT2D eigenvalue weighted by Crippen LogP contribution is 2.22. The molecule has 0 spiro atoms. The van der Waals surface area contributed by atoms with E-state index in [1.54, 1.807) is 0 Å². The summed E-state index contributed by atoms with van der Waals surface area (Å²) in [6.07, 6.45) is 0.936. The van der Waals surface area contributed by atoms with Gasteiger partial charge in [0.05, 0.1) is 0 Å². The van der Waals surface area contributed by atoms with Crippen LogP contribution in [0.4, 0.5) is 5.69 Å². The van der Waals surface area contributed by atoms with Crippen LogP contribution in [-0.4, -0.2) is 0 Å². The minimum absolute atomic E-state index is 0.886. The number of nitrogens with two attached hydrogens (primary N) is 1. The molecule has 0 heterocycles. The first-order chi connectivity index (χ1) is 8.06. The van der Waals surface area contributed by atoms with Gasteiger partial charge in [-0.1, -0.05) is 34.1 Å². The van der Waals surface area contributed by atoms with Gasteiger partial charge in [0, 0.05) is 10.2 Å². The van der Waals surface area contributed by atoms with Crippen LogP contribution in [-0.2, 0) is 6.42 Å². The summed E-state index contributed by atoms with van der Waals surface area (Å²) in [7, 11) is 0. The topological polar surface area (TPSA) is 26.0 Å². The minimum Gasteiger partial charge on any atom is -0.398 e. The maximum Gasteiger partial charge on any atom is 0.0349 e. The van der Waals surface area contributed by atoms with Crippen LogP contribution < -0.4 is 5.73 Å². The summed E-state index contributed by atoms with van der Waals surface area (Å²) in [6, 6.07) is 12.7. The van der Waals surface area contributed by atoms with Gasteiger partial charge in [0.15, 0.2) is 0 Å². The molecule has 0 unspecified atom stereocenters. The van der Waals surface area contributed by atoms with Gasteiger partial charge < -0.3 is 5.73 Å². The average Bonchev–Trinajstić information content (AvgIpc) is 2.28. The fourth-order valence-electron chi connectivity index (χ4n) is 1.97. The molecule has 2 aromatic rings. The van der Waals surface area contributed by atoms with E-state index in [0.29, 0.717) is 0 Å². The van der Waals surface area contributed by atoms with Crippen molar-refractivity contribution < 1.29 is 0 Å². The largest absolute Gasteiger partial charge is 0.398 e. The molecule has 2 heteroatoms. The maximum atomic E-state index is 5.99. The van der Waals surface area contributed by atoms with Crippen LogP contribution in [0.15, 0.2) is 40.9 Å². The highest BCUT2D eigenvalue weighted by molar-refractivity contribution is 9.10. The second-order valence-electron chi connectivity index (χ2n) is 4.44. The van der Waals surface area contributed by atoms with Crippen molar-refractivity contribution in [3.05, 3.63) is 63.1 Å². The first-order valence-corrected chi connectivity index (χ1v) is 6.45. The molecule has 0 fully saturated rings. The van der Waals surface area contributed by atoms with Gasteiger partial charge in [-0.3, -0.25) is 0 Å². The molecule has 0 aliphatic rings. The normalized spacial score (nSPS) is 10.5. The van der Waals surface area contributed by atoms with Crippen LogP contribution >= 0.6 is 15.9 Å². The van der Waals surface area contributed by atoms with E-state index in [4.69, 9.17) is 5.73 Å². The molecule has 2 N–H and O–H groups in total. The summed E-state index contributed by atoms with van der Waals surface area (Å²) in [6.45, 7) is 4.17. The van der Waals surface area contributed by atoms with Gasteiger partial charge in [-0.2, -0.15) is 0 Å². The third-order valence-corrected chi connectivity index (χ3v) is 3.54. The highest BCUT2D eigenvalue weighted by atomic mass is 79.9.